The Morgan fingerprint density at radius 1 is 1.19 bits per heavy atom. The lowest BCUT2D eigenvalue weighted by atomic mass is 10.2. The van der Waals surface area contributed by atoms with Gasteiger partial charge in [-0.1, -0.05) is 19.1 Å². The summed E-state index contributed by atoms with van der Waals surface area (Å²) in [7, 11) is 3.95. The van der Waals surface area contributed by atoms with Crippen LogP contribution in [-0.4, -0.2) is 14.1 Å². The molecule has 4 nitrogen and oxygen atoms in total. The van der Waals surface area contributed by atoms with Gasteiger partial charge < -0.3 is 4.90 Å². The molecule has 4 heteroatoms. The molecule has 0 saturated carbocycles. The molecule has 104 valence electrons. The van der Waals surface area contributed by atoms with E-state index in [1.807, 2.05) is 43.3 Å². The van der Waals surface area contributed by atoms with Crippen LogP contribution in [0.3, 0.4) is 0 Å². The van der Waals surface area contributed by atoms with Crippen LogP contribution >= 0.6 is 0 Å². The molecule has 0 amide bonds. The minimum Gasteiger partial charge on any atom is -0.378 e. The molecule has 0 bridgehead atoms. The molecule has 0 aliphatic rings. The van der Waals surface area contributed by atoms with Gasteiger partial charge in [0, 0.05) is 31.3 Å². The quantitative estimate of drug-likeness (QED) is 0.464. The van der Waals surface area contributed by atoms with Gasteiger partial charge in [0.05, 0.1) is 11.4 Å². The van der Waals surface area contributed by atoms with Gasteiger partial charge in [-0.3, -0.25) is 0 Å². The van der Waals surface area contributed by atoms with Crippen LogP contribution in [0.4, 0.5) is 11.4 Å². The molecule has 0 saturated heterocycles. The molecule has 1 aromatic carbocycles. The van der Waals surface area contributed by atoms with Gasteiger partial charge in [0.15, 0.2) is 6.07 Å². The molecule has 0 N–H and O–H groups in total. The van der Waals surface area contributed by atoms with Crippen LogP contribution in [0.15, 0.2) is 71.1 Å². The van der Waals surface area contributed by atoms with Crippen molar-refractivity contribution in [1.82, 2.24) is 0 Å². The molecule has 21 heavy (non-hydrogen) atoms. The summed E-state index contributed by atoms with van der Waals surface area (Å²) in [5.41, 5.74) is 2.84. The first-order chi connectivity index (χ1) is 10.0. The fourth-order valence-electron chi connectivity index (χ4n) is 1.32. The number of nitrogens with zero attached hydrogens (tertiary/aromatic N) is 4. The van der Waals surface area contributed by atoms with Crippen LogP contribution in [-0.2, 0) is 0 Å². The van der Waals surface area contributed by atoms with Crippen molar-refractivity contribution in [1.29, 1.82) is 5.26 Å². The van der Waals surface area contributed by atoms with E-state index in [9.17, 15) is 0 Å². The van der Waals surface area contributed by atoms with E-state index in [0.29, 0.717) is 11.3 Å². The zero-order valence-corrected chi connectivity index (χ0v) is 12.2. The number of hydrogen-bond acceptors (Lipinski definition) is 4. The smallest absolute Gasteiger partial charge is 0.152 e. The molecule has 0 unspecified atom stereocenters. The van der Waals surface area contributed by atoms with E-state index < -0.39 is 0 Å². The van der Waals surface area contributed by atoms with Gasteiger partial charge >= 0.3 is 0 Å². The van der Waals surface area contributed by atoms with Crippen molar-refractivity contribution < 1.29 is 0 Å². The normalized spacial score (nSPS) is 9.95. The Labute approximate surface area is 125 Å². The first-order valence-corrected chi connectivity index (χ1v) is 6.18. The summed E-state index contributed by atoms with van der Waals surface area (Å²) in [5.74, 6) is 4.83. The lowest BCUT2D eigenvalue weighted by molar-refractivity contribution is 1.13. The zero-order chi connectivity index (χ0) is 15.7. The van der Waals surface area contributed by atoms with Gasteiger partial charge in [0.2, 0.25) is 0 Å². The molecule has 0 radical (unpaired) electrons. The maximum absolute atomic E-state index is 8.31. The third-order valence-corrected chi connectivity index (χ3v) is 2.42. The minimum atomic E-state index is 0.478. The van der Waals surface area contributed by atoms with Crippen LogP contribution < -0.4 is 4.90 Å². The summed E-state index contributed by atoms with van der Waals surface area (Å²) >= 11 is 0. The monoisotopic (exact) mass is 276 g/mol. The van der Waals surface area contributed by atoms with Crippen molar-refractivity contribution in [2.24, 2.45) is 10.2 Å². The van der Waals surface area contributed by atoms with E-state index in [4.69, 9.17) is 5.26 Å². The molecule has 0 aromatic heterocycles. The molecule has 0 spiro atoms. The van der Waals surface area contributed by atoms with Crippen molar-refractivity contribution >= 4 is 11.4 Å². The van der Waals surface area contributed by atoms with E-state index in [2.05, 4.69) is 35.2 Å². The lowest BCUT2D eigenvalue weighted by Gasteiger charge is -2.11. The Morgan fingerprint density at radius 3 is 2.43 bits per heavy atom. The van der Waals surface area contributed by atoms with Crippen LogP contribution in [0.2, 0.25) is 0 Å². The van der Waals surface area contributed by atoms with Crippen molar-refractivity contribution in [3.8, 4) is 17.9 Å². The van der Waals surface area contributed by atoms with Crippen molar-refractivity contribution in [2.75, 3.05) is 19.0 Å². The summed E-state index contributed by atoms with van der Waals surface area (Å²) in [6.45, 7) is 7.44. The van der Waals surface area contributed by atoms with Gasteiger partial charge in [-0.2, -0.15) is 15.5 Å². The van der Waals surface area contributed by atoms with E-state index in [-0.39, 0.29) is 0 Å². The first-order valence-electron chi connectivity index (χ1n) is 6.18. The highest BCUT2D eigenvalue weighted by molar-refractivity contribution is 5.51. The topological polar surface area (TPSA) is 51.8 Å². The van der Waals surface area contributed by atoms with Crippen LogP contribution in [0.1, 0.15) is 0 Å². The standard InChI is InChI=1S/C17H16N4/c1-14(6-5-13-18)7-8-15(2)19-20-16-9-11-17(12-10-16)21(3)4/h7-12H,1-2H2,3-4H3/b8-7-,20-19?. The second kappa shape index (κ2) is 8.14. The third kappa shape index (κ3) is 6.04. The van der Waals surface area contributed by atoms with Gasteiger partial charge in [-0.15, -0.1) is 0 Å². The minimum absolute atomic E-state index is 0.478. The molecule has 0 aliphatic carbocycles. The van der Waals surface area contributed by atoms with Crippen LogP contribution in [0.25, 0.3) is 0 Å². The van der Waals surface area contributed by atoms with E-state index in [0.717, 1.165) is 11.4 Å². The van der Waals surface area contributed by atoms with E-state index in [1.165, 1.54) is 0 Å². The molecular weight excluding hydrogens is 260 g/mol. The highest BCUT2D eigenvalue weighted by Crippen LogP contribution is 2.19. The molecule has 0 aliphatic heterocycles. The van der Waals surface area contributed by atoms with Crippen molar-refractivity contribution in [3.05, 3.63) is 60.8 Å². The van der Waals surface area contributed by atoms with Gasteiger partial charge in [-0.05, 0) is 36.4 Å². The second-order valence-corrected chi connectivity index (χ2v) is 4.32. The van der Waals surface area contributed by atoms with Crippen LogP contribution in [0, 0.1) is 23.2 Å². The third-order valence-electron chi connectivity index (χ3n) is 2.42. The second-order valence-electron chi connectivity index (χ2n) is 4.32. The van der Waals surface area contributed by atoms with Gasteiger partial charge in [0.1, 0.15) is 0 Å². The Hall–Kier alpha value is -3.11. The molecule has 1 aromatic rings. The maximum atomic E-state index is 8.31. The number of allylic oxidation sites excluding steroid dienone is 3. The lowest BCUT2D eigenvalue weighted by Crippen LogP contribution is -2.07. The average Bonchev–Trinajstić information content (AvgIpc) is 2.49. The largest absolute Gasteiger partial charge is 0.378 e. The van der Waals surface area contributed by atoms with Gasteiger partial charge in [0.25, 0.3) is 0 Å². The summed E-state index contributed by atoms with van der Waals surface area (Å²) < 4.78 is 0. The van der Waals surface area contributed by atoms with Crippen LogP contribution in [0.5, 0.6) is 0 Å². The summed E-state index contributed by atoms with van der Waals surface area (Å²) in [6, 6.07) is 9.41. The van der Waals surface area contributed by atoms with Crippen molar-refractivity contribution in [3.63, 3.8) is 0 Å². The Kier molecular flexibility index (Phi) is 6.18. The van der Waals surface area contributed by atoms with Crippen molar-refractivity contribution in [2.45, 2.75) is 0 Å². The Balaban J connectivity index is 2.64. The molecule has 1 rings (SSSR count). The summed E-state index contributed by atoms with van der Waals surface area (Å²) in [4.78, 5) is 2.01. The first kappa shape index (κ1) is 15.9. The van der Waals surface area contributed by atoms with E-state index in [1.54, 1.807) is 18.2 Å². The Bertz CT molecular complexity index is 674. The number of anilines is 1. The van der Waals surface area contributed by atoms with E-state index >= 15 is 0 Å². The summed E-state index contributed by atoms with van der Waals surface area (Å²) in [5, 5.41) is 16.4. The number of nitriles is 1. The average molecular weight is 276 g/mol. The number of azo groups is 1. The molecule has 0 heterocycles. The number of rotatable bonds is 5. The fourth-order valence-corrected chi connectivity index (χ4v) is 1.32. The molecular formula is C17H16N4. The Morgan fingerprint density at radius 2 is 1.86 bits per heavy atom. The van der Waals surface area contributed by atoms with Gasteiger partial charge in [-0.25, -0.2) is 0 Å². The zero-order valence-electron chi connectivity index (χ0n) is 12.2. The fraction of sp³-hybridized carbons (Fsp3) is 0.118. The molecule has 0 atom stereocenters. The molecule has 0 fully saturated rings. The number of hydrogen-bond donors (Lipinski definition) is 0. The maximum Gasteiger partial charge on any atom is 0.152 e. The summed E-state index contributed by atoms with van der Waals surface area (Å²) in [6.07, 6.45) is 3.28. The highest BCUT2D eigenvalue weighted by Gasteiger charge is 1.94. The predicted octanol–water partition coefficient (Wildman–Crippen LogP) is 3.99. The SMILES string of the molecule is C=C(C#CC#N)/C=C\C(=C)N=Nc1ccc(N(C)C)cc1. The number of benzene rings is 1. The highest BCUT2D eigenvalue weighted by atomic mass is 15.1. The predicted molar refractivity (Wildman–Crippen MR) is 86.1 cm³/mol.